The Labute approximate surface area is 82.6 Å². The summed E-state index contributed by atoms with van der Waals surface area (Å²) < 4.78 is 0. The number of hydrogen-bond donors (Lipinski definition) is 1. The average Bonchev–Trinajstić information content (AvgIpc) is 2.12. The molecule has 0 bridgehead atoms. The van der Waals surface area contributed by atoms with Gasteiger partial charge in [-0.15, -0.1) is 0 Å². The molecule has 1 nitrogen and oxygen atoms in total. The molecular weight excluding hydrogens is 158 g/mol. The van der Waals surface area contributed by atoms with Crippen molar-refractivity contribution in [3.05, 3.63) is 12.2 Å². The van der Waals surface area contributed by atoms with E-state index in [0.717, 1.165) is 6.42 Å². The summed E-state index contributed by atoms with van der Waals surface area (Å²) >= 11 is 0. The minimum atomic E-state index is 0.206. The molecule has 13 heavy (non-hydrogen) atoms. The van der Waals surface area contributed by atoms with E-state index in [2.05, 4.69) is 52.1 Å². The van der Waals surface area contributed by atoms with Crippen molar-refractivity contribution in [2.24, 2.45) is 5.92 Å². The van der Waals surface area contributed by atoms with Gasteiger partial charge < -0.3 is 5.32 Å². The molecule has 1 N–H and O–H groups in total. The van der Waals surface area contributed by atoms with Gasteiger partial charge in [0.15, 0.2) is 0 Å². The van der Waals surface area contributed by atoms with E-state index in [4.69, 9.17) is 0 Å². The summed E-state index contributed by atoms with van der Waals surface area (Å²) in [6.07, 6.45) is 7.04. The minimum Gasteiger partial charge on any atom is -0.302 e. The van der Waals surface area contributed by atoms with Crippen LogP contribution < -0.4 is 5.32 Å². The maximum atomic E-state index is 3.77. The Morgan fingerprint density at radius 2 is 1.85 bits per heavy atom. The molecule has 0 aromatic rings. The molecule has 1 aliphatic heterocycles. The van der Waals surface area contributed by atoms with Crippen LogP contribution in [-0.2, 0) is 0 Å². The third-order valence-corrected chi connectivity index (χ3v) is 3.80. The van der Waals surface area contributed by atoms with E-state index < -0.39 is 0 Å². The Morgan fingerprint density at radius 1 is 1.23 bits per heavy atom. The van der Waals surface area contributed by atoms with Gasteiger partial charge in [0.05, 0.1) is 0 Å². The van der Waals surface area contributed by atoms with Crippen molar-refractivity contribution in [3.8, 4) is 0 Å². The SMILES string of the molecule is CCC1(C)C=CC(C)C(C)(CC)N1. The van der Waals surface area contributed by atoms with Gasteiger partial charge in [-0.2, -0.15) is 0 Å². The molecule has 0 saturated heterocycles. The lowest BCUT2D eigenvalue weighted by Gasteiger charge is -2.46. The predicted octanol–water partition coefficient (Wildman–Crippen LogP) is 3.12. The van der Waals surface area contributed by atoms with Gasteiger partial charge in [0.1, 0.15) is 0 Å². The average molecular weight is 181 g/mol. The van der Waals surface area contributed by atoms with Gasteiger partial charge in [-0.1, -0.05) is 32.9 Å². The molecule has 0 aliphatic carbocycles. The smallest absolute Gasteiger partial charge is 0.0338 e. The van der Waals surface area contributed by atoms with E-state index in [9.17, 15) is 0 Å². The topological polar surface area (TPSA) is 12.0 Å². The van der Waals surface area contributed by atoms with Crippen molar-refractivity contribution in [1.29, 1.82) is 0 Å². The summed E-state index contributed by atoms with van der Waals surface area (Å²) in [7, 11) is 0. The molecule has 1 rings (SSSR count). The normalized spacial score (nSPS) is 45.2. The zero-order valence-electron chi connectivity index (χ0n) is 9.65. The summed E-state index contributed by atoms with van der Waals surface area (Å²) in [6.45, 7) is 11.4. The van der Waals surface area contributed by atoms with Crippen molar-refractivity contribution in [3.63, 3.8) is 0 Å². The van der Waals surface area contributed by atoms with Crippen LogP contribution in [0.1, 0.15) is 47.5 Å². The Bertz CT molecular complexity index is 209. The minimum absolute atomic E-state index is 0.206. The van der Waals surface area contributed by atoms with Crippen LogP contribution in [0.5, 0.6) is 0 Å². The predicted molar refractivity (Wildman–Crippen MR) is 58.8 cm³/mol. The Morgan fingerprint density at radius 3 is 2.31 bits per heavy atom. The van der Waals surface area contributed by atoms with Gasteiger partial charge in [0.2, 0.25) is 0 Å². The highest BCUT2D eigenvalue weighted by Crippen LogP contribution is 2.31. The molecule has 1 aliphatic rings. The van der Waals surface area contributed by atoms with Crippen molar-refractivity contribution in [2.45, 2.75) is 58.5 Å². The molecule has 76 valence electrons. The maximum absolute atomic E-state index is 3.77. The molecule has 0 spiro atoms. The molecule has 0 fully saturated rings. The van der Waals surface area contributed by atoms with Gasteiger partial charge in [-0.25, -0.2) is 0 Å². The second-order valence-corrected chi connectivity index (χ2v) is 4.81. The van der Waals surface area contributed by atoms with Crippen LogP contribution in [0, 0.1) is 5.92 Å². The Hall–Kier alpha value is -0.300. The highest BCUT2D eigenvalue weighted by Gasteiger charge is 2.37. The Balaban J connectivity index is 2.88. The first-order valence-corrected chi connectivity index (χ1v) is 5.44. The van der Waals surface area contributed by atoms with Gasteiger partial charge in [0.25, 0.3) is 0 Å². The number of nitrogens with one attached hydrogen (secondary N) is 1. The van der Waals surface area contributed by atoms with Crippen molar-refractivity contribution in [2.75, 3.05) is 0 Å². The standard InChI is InChI=1S/C12H23N/c1-6-11(4)9-8-10(3)12(5,7-2)13-11/h8-10,13H,6-7H2,1-5H3. The third-order valence-electron chi connectivity index (χ3n) is 3.80. The first-order chi connectivity index (χ1) is 5.96. The largest absolute Gasteiger partial charge is 0.302 e. The molecule has 1 heteroatoms. The Kier molecular flexibility index (Phi) is 2.86. The van der Waals surface area contributed by atoms with Crippen LogP contribution in [0.4, 0.5) is 0 Å². The molecule has 3 unspecified atom stereocenters. The van der Waals surface area contributed by atoms with Crippen LogP contribution in [0.3, 0.4) is 0 Å². The summed E-state index contributed by atoms with van der Waals surface area (Å²) in [5.74, 6) is 0.636. The monoisotopic (exact) mass is 181 g/mol. The van der Waals surface area contributed by atoms with Crippen LogP contribution in [-0.4, -0.2) is 11.1 Å². The van der Waals surface area contributed by atoms with Crippen molar-refractivity contribution in [1.82, 2.24) is 5.32 Å². The third kappa shape index (κ3) is 1.96. The first kappa shape index (κ1) is 10.8. The van der Waals surface area contributed by atoms with E-state index in [-0.39, 0.29) is 11.1 Å². The fourth-order valence-corrected chi connectivity index (χ4v) is 1.99. The summed E-state index contributed by atoms with van der Waals surface area (Å²) in [4.78, 5) is 0. The van der Waals surface area contributed by atoms with E-state index in [1.807, 2.05) is 0 Å². The van der Waals surface area contributed by atoms with Gasteiger partial charge in [0, 0.05) is 11.1 Å². The lowest BCUT2D eigenvalue weighted by Crippen LogP contribution is -2.59. The molecule has 1 heterocycles. The highest BCUT2D eigenvalue weighted by atomic mass is 15.1. The fourth-order valence-electron chi connectivity index (χ4n) is 1.99. The fraction of sp³-hybridized carbons (Fsp3) is 0.833. The molecular formula is C12H23N. The highest BCUT2D eigenvalue weighted by molar-refractivity contribution is 5.16. The van der Waals surface area contributed by atoms with E-state index in [1.165, 1.54) is 6.42 Å². The van der Waals surface area contributed by atoms with E-state index >= 15 is 0 Å². The quantitative estimate of drug-likeness (QED) is 0.645. The van der Waals surface area contributed by atoms with Gasteiger partial charge >= 0.3 is 0 Å². The van der Waals surface area contributed by atoms with Crippen LogP contribution >= 0.6 is 0 Å². The summed E-state index contributed by atoms with van der Waals surface area (Å²) in [5, 5.41) is 3.77. The second-order valence-electron chi connectivity index (χ2n) is 4.81. The van der Waals surface area contributed by atoms with Gasteiger partial charge in [-0.3, -0.25) is 0 Å². The zero-order valence-corrected chi connectivity index (χ0v) is 9.65. The van der Waals surface area contributed by atoms with Crippen molar-refractivity contribution < 1.29 is 0 Å². The van der Waals surface area contributed by atoms with Gasteiger partial charge in [-0.05, 0) is 32.6 Å². The molecule has 0 aromatic carbocycles. The number of rotatable bonds is 2. The molecule has 0 radical (unpaired) electrons. The first-order valence-electron chi connectivity index (χ1n) is 5.44. The van der Waals surface area contributed by atoms with Crippen LogP contribution in [0.25, 0.3) is 0 Å². The molecule has 0 saturated carbocycles. The van der Waals surface area contributed by atoms with Crippen LogP contribution in [0.15, 0.2) is 12.2 Å². The second kappa shape index (κ2) is 3.45. The lowest BCUT2D eigenvalue weighted by atomic mass is 9.76. The maximum Gasteiger partial charge on any atom is 0.0338 e. The van der Waals surface area contributed by atoms with Crippen LogP contribution in [0.2, 0.25) is 0 Å². The van der Waals surface area contributed by atoms with E-state index in [1.54, 1.807) is 0 Å². The molecule has 0 aromatic heterocycles. The summed E-state index contributed by atoms with van der Waals surface area (Å²) in [5.41, 5.74) is 0.483. The van der Waals surface area contributed by atoms with E-state index in [0.29, 0.717) is 5.92 Å². The number of hydrogen-bond acceptors (Lipinski definition) is 1. The molecule has 3 atom stereocenters. The summed E-state index contributed by atoms with van der Waals surface area (Å²) in [6, 6.07) is 0. The molecule has 0 amide bonds. The lowest BCUT2D eigenvalue weighted by molar-refractivity contribution is 0.193. The van der Waals surface area contributed by atoms with Crippen molar-refractivity contribution >= 4 is 0 Å². The zero-order chi connectivity index (χ0) is 10.1.